The number of fused-ring (bicyclic) bond motifs is 1. The van der Waals surface area contributed by atoms with Crippen LogP contribution in [0, 0.1) is 17.8 Å². The number of anilines is 1. The van der Waals surface area contributed by atoms with Gasteiger partial charge < -0.3 is 14.4 Å². The molecule has 2 fully saturated rings. The smallest absolute Gasteiger partial charge is 0.307 e. The van der Waals surface area contributed by atoms with Crippen molar-refractivity contribution >= 4 is 11.9 Å². The summed E-state index contributed by atoms with van der Waals surface area (Å²) >= 11 is 0. The molecule has 1 aromatic rings. The zero-order chi connectivity index (χ0) is 9.71. The summed E-state index contributed by atoms with van der Waals surface area (Å²) in [6.45, 7) is 1.58. The minimum absolute atomic E-state index is 0.117. The number of nitrogens with zero attached hydrogens (tertiary/aromatic N) is 2. The van der Waals surface area contributed by atoms with Gasteiger partial charge >= 0.3 is 5.97 Å². The number of aromatic nitrogens is 1. The van der Waals surface area contributed by atoms with E-state index in [2.05, 4.69) is 9.88 Å². The first-order chi connectivity index (χ1) is 6.77. The van der Waals surface area contributed by atoms with Gasteiger partial charge in [-0.3, -0.25) is 4.79 Å². The maximum Gasteiger partial charge on any atom is 0.307 e. The van der Waals surface area contributed by atoms with Gasteiger partial charge in [0.25, 0.3) is 0 Å². The summed E-state index contributed by atoms with van der Waals surface area (Å²) in [5.41, 5.74) is 0. The minimum atomic E-state index is -0.655. The van der Waals surface area contributed by atoms with E-state index >= 15 is 0 Å². The van der Waals surface area contributed by atoms with Crippen LogP contribution in [0.3, 0.4) is 0 Å². The molecule has 1 N–H and O–H groups in total. The second-order valence-corrected chi connectivity index (χ2v) is 3.94. The quantitative estimate of drug-likeness (QED) is 0.740. The van der Waals surface area contributed by atoms with Gasteiger partial charge in [0.1, 0.15) is 0 Å². The molecule has 0 amide bonds. The van der Waals surface area contributed by atoms with E-state index in [9.17, 15) is 4.79 Å². The van der Waals surface area contributed by atoms with E-state index in [1.54, 1.807) is 6.20 Å². The van der Waals surface area contributed by atoms with Gasteiger partial charge in [-0.1, -0.05) is 0 Å². The molecule has 1 aromatic heterocycles. The molecule has 2 aliphatic rings. The molecule has 14 heavy (non-hydrogen) atoms. The summed E-state index contributed by atoms with van der Waals surface area (Å²) in [5, 5.41) is 8.82. The summed E-state index contributed by atoms with van der Waals surface area (Å²) in [6.07, 6.45) is 3.06. The molecule has 2 unspecified atom stereocenters. The second-order valence-electron chi connectivity index (χ2n) is 3.94. The maximum atomic E-state index is 10.7. The molecule has 1 saturated carbocycles. The monoisotopic (exact) mass is 194 g/mol. The Morgan fingerprint density at radius 2 is 2.29 bits per heavy atom. The van der Waals surface area contributed by atoms with E-state index in [-0.39, 0.29) is 5.92 Å². The van der Waals surface area contributed by atoms with Crippen molar-refractivity contribution in [2.24, 2.45) is 17.8 Å². The van der Waals surface area contributed by atoms with Crippen molar-refractivity contribution in [3.8, 4) is 0 Å². The molecule has 1 saturated heterocycles. The number of piperidine rings is 1. The molecule has 1 aliphatic carbocycles. The van der Waals surface area contributed by atoms with Crippen molar-refractivity contribution < 1.29 is 14.3 Å². The average molecular weight is 194 g/mol. The Morgan fingerprint density at radius 3 is 2.79 bits per heavy atom. The minimum Gasteiger partial charge on any atom is -0.481 e. The lowest BCUT2D eigenvalue weighted by atomic mass is 10.3. The maximum absolute atomic E-state index is 10.7. The summed E-state index contributed by atoms with van der Waals surface area (Å²) < 4.78 is 5.15. The molecule has 5 heteroatoms. The summed E-state index contributed by atoms with van der Waals surface area (Å²) in [6, 6.07) is 0. The highest BCUT2D eigenvalue weighted by Gasteiger charge is 2.60. The van der Waals surface area contributed by atoms with Crippen LogP contribution in [0.25, 0.3) is 0 Å². The normalized spacial score (nSPS) is 34.3. The van der Waals surface area contributed by atoms with Gasteiger partial charge in [0, 0.05) is 13.1 Å². The molecule has 0 spiro atoms. The molecule has 3 rings (SSSR count). The number of rotatable bonds is 2. The van der Waals surface area contributed by atoms with Gasteiger partial charge in [0.05, 0.1) is 12.1 Å². The number of carboxylic acids is 1. The van der Waals surface area contributed by atoms with Crippen molar-refractivity contribution in [2.45, 2.75) is 0 Å². The number of aliphatic carboxylic acids is 1. The first kappa shape index (κ1) is 7.84. The molecule has 1 aliphatic heterocycles. The Hall–Kier alpha value is -1.52. The van der Waals surface area contributed by atoms with Crippen LogP contribution in [0.1, 0.15) is 0 Å². The largest absolute Gasteiger partial charge is 0.481 e. The molecule has 0 aromatic carbocycles. The van der Waals surface area contributed by atoms with Gasteiger partial charge in [-0.15, -0.1) is 0 Å². The Labute approximate surface area is 80.3 Å². The molecule has 0 bridgehead atoms. The predicted molar refractivity (Wildman–Crippen MR) is 46.8 cm³/mol. The highest BCUT2D eigenvalue weighted by atomic mass is 16.4. The lowest BCUT2D eigenvalue weighted by Gasteiger charge is -2.16. The predicted octanol–water partition coefficient (Wildman–Crippen LogP) is 0.441. The van der Waals surface area contributed by atoms with Gasteiger partial charge in [-0.2, -0.15) is 0 Å². The van der Waals surface area contributed by atoms with Crippen molar-refractivity contribution in [1.29, 1.82) is 0 Å². The van der Waals surface area contributed by atoms with Gasteiger partial charge in [0.2, 0.25) is 5.88 Å². The lowest BCUT2D eigenvalue weighted by Crippen LogP contribution is -2.25. The Balaban J connectivity index is 1.69. The van der Waals surface area contributed by atoms with Crippen LogP contribution in [0.2, 0.25) is 0 Å². The zero-order valence-electron chi connectivity index (χ0n) is 7.46. The number of carboxylic acid groups (broad SMARTS) is 1. The molecular weight excluding hydrogens is 184 g/mol. The summed E-state index contributed by atoms with van der Waals surface area (Å²) in [4.78, 5) is 16.6. The SMILES string of the molecule is O=C(O)C1C2CN(c3cnco3)CC21. The third-order valence-corrected chi connectivity index (χ3v) is 3.21. The Morgan fingerprint density at radius 1 is 1.57 bits per heavy atom. The van der Waals surface area contributed by atoms with Crippen LogP contribution in [-0.2, 0) is 4.79 Å². The fraction of sp³-hybridized carbons (Fsp3) is 0.556. The van der Waals surface area contributed by atoms with E-state index in [1.807, 2.05) is 0 Å². The van der Waals surface area contributed by atoms with Crippen LogP contribution in [-0.4, -0.2) is 29.1 Å². The Kier molecular flexibility index (Phi) is 1.40. The Bertz CT molecular complexity index is 350. The first-order valence-electron chi connectivity index (χ1n) is 4.63. The number of hydrogen-bond donors (Lipinski definition) is 1. The lowest BCUT2D eigenvalue weighted by molar-refractivity contribution is -0.139. The van der Waals surface area contributed by atoms with E-state index in [4.69, 9.17) is 9.52 Å². The molecule has 74 valence electrons. The van der Waals surface area contributed by atoms with Gasteiger partial charge in [0.15, 0.2) is 6.39 Å². The van der Waals surface area contributed by atoms with E-state index in [1.165, 1.54) is 6.39 Å². The van der Waals surface area contributed by atoms with E-state index in [0.717, 1.165) is 19.0 Å². The van der Waals surface area contributed by atoms with Crippen LogP contribution in [0.15, 0.2) is 17.0 Å². The van der Waals surface area contributed by atoms with Gasteiger partial charge in [-0.25, -0.2) is 4.98 Å². The molecule has 2 atom stereocenters. The topological polar surface area (TPSA) is 66.6 Å². The second kappa shape index (κ2) is 2.50. The molecule has 2 heterocycles. The van der Waals surface area contributed by atoms with Crippen LogP contribution in [0.5, 0.6) is 0 Å². The van der Waals surface area contributed by atoms with Crippen molar-refractivity contribution in [3.05, 3.63) is 12.6 Å². The standard InChI is InChI=1S/C9H10N2O3/c12-9(13)8-5-2-11(3-6(5)8)7-1-10-4-14-7/h1,4-6,8H,2-3H2,(H,12,13). The fourth-order valence-corrected chi connectivity index (χ4v) is 2.44. The van der Waals surface area contributed by atoms with E-state index < -0.39 is 5.97 Å². The average Bonchev–Trinajstić information content (AvgIpc) is 2.62. The van der Waals surface area contributed by atoms with Crippen LogP contribution in [0.4, 0.5) is 5.88 Å². The highest BCUT2D eigenvalue weighted by molar-refractivity contribution is 5.75. The number of oxazole rings is 1. The van der Waals surface area contributed by atoms with Crippen molar-refractivity contribution in [3.63, 3.8) is 0 Å². The van der Waals surface area contributed by atoms with Crippen LogP contribution < -0.4 is 4.90 Å². The van der Waals surface area contributed by atoms with Gasteiger partial charge in [-0.05, 0) is 11.8 Å². The van der Waals surface area contributed by atoms with Crippen molar-refractivity contribution in [1.82, 2.24) is 4.98 Å². The molecule has 5 nitrogen and oxygen atoms in total. The summed E-state index contributed by atoms with van der Waals surface area (Å²) in [7, 11) is 0. The fourth-order valence-electron chi connectivity index (χ4n) is 2.44. The molecular formula is C9H10N2O3. The molecule has 0 radical (unpaired) electrons. The van der Waals surface area contributed by atoms with E-state index in [0.29, 0.717) is 11.8 Å². The third-order valence-electron chi connectivity index (χ3n) is 3.21. The van der Waals surface area contributed by atoms with Crippen LogP contribution >= 0.6 is 0 Å². The first-order valence-corrected chi connectivity index (χ1v) is 4.63. The zero-order valence-corrected chi connectivity index (χ0v) is 7.46. The number of carbonyl (C=O) groups is 1. The third kappa shape index (κ3) is 0.950. The number of hydrogen-bond acceptors (Lipinski definition) is 4. The van der Waals surface area contributed by atoms with Crippen molar-refractivity contribution in [2.75, 3.05) is 18.0 Å². The summed E-state index contributed by atoms with van der Waals surface area (Å²) in [5.74, 6) is 0.614. The highest BCUT2D eigenvalue weighted by Crippen LogP contribution is 2.52.